The Hall–Kier alpha value is -0.610. The van der Waals surface area contributed by atoms with Gasteiger partial charge in [0.1, 0.15) is 0 Å². The molecule has 0 unspecified atom stereocenters. The first-order chi connectivity index (χ1) is 8.10. The molecule has 1 aliphatic heterocycles. The van der Waals surface area contributed by atoms with Crippen molar-refractivity contribution in [2.45, 2.75) is 51.0 Å². The van der Waals surface area contributed by atoms with Crippen LogP contribution in [-0.4, -0.2) is 31.2 Å². The van der Waals surface area contributed by atoms with Crippen molar-refractivity contribution in [1.29, 1.82) is 0 Å². The maximum atomic E-state index is 12.4. The maximum Gasteiger partial charge on any atom is 0.227 e. The monoisotopic (exact) mass is 240 g/mol. The average molecular weight is 240 g/mol. The summed E-state index contributed by atoms with van der Waals surface area (Å²) in [6.07, 6.45) is 5.96. The molecule has 0 aromatic heterocycles. The number of hydrogen-bond donors (Lipinski definition) is 2. The van der Waals surface area contributed by atoms with Gasteiger partial charge in [-0.3, -0.25) is 4.79 Å². The van der Waals surface area contributed by atoms with Crippen molar-refractivity contribution in [3.63, 3.8) is 0 Å². The van der Waals surface area contributed by atoms with Gasteiger partial charge in [0.15, 0.2) is 0 Å². The Morgan fingerprint density at radius 1 is 1.24 bits per heavy atom. The zero-order valence-electron chi connectivity index (χ0n) is 10.8. The van der Waals surface area contributed by atoms with Crippen LogP contribution in [0, 0.1) is 5.41 Å². The molecule has 1 aliphatic carbocycles. The number of nitrogens with one attached hydrogen (secondary N) is 1. The predicted octanol–water partition coefficient (Wildman–Crippen LogP) is 1.19. The van der Waals surface area contributed by atoms with Crippen molar-refractivity contribution in [2.75, 3.05) is 19.8 Å². The van der Waals surface area contributed by atoms with Gasteiger partial charge in [0.25, 0.3) is 0 Å². The lowest BCUT2D eigenvalue weighted by molar-refractivity contribution is -0.133. The van der Waals surface area contributed by atoms with Gasteiger partial charge in [-0.25, -0.2) is 0 Å². The Morgan fingerprint density at radius 2 is 1.82 bits per heavy atom. The minimum absolute atomic E-state index is 0.0971. The van der Waals surface area contributed by atoms with E-state index < -0.39 is 0 Å². The van der Waals surface area contributed by atoms with E-state index in [1.807, 2.05) is 0 Å². The van der Waals surface area contributed by atoms with Crippen LogP contribution in [0.4, 0.5) is 0 Å². The molecule has 0 aromatic carbocycles. The molecule has 0 radical (unpaired) electrons. The van der Waals surface area contributed by atoms with Crippen LogP contribution < -0.4 is 11.1 Å². The van der Waals surface area contributed by atoms with Crippen LogP contribution in [0.15, 0.2) is 0 Å². The van der Waals surface area contributed by atoms with Crippen molar-refractivity contribution in [3.8, 4) is 0 Å². The lowest BCUT2D eigenvalue weighted by Gasteiger charge is -2.38. The number of amides is 1. The first kappa shape index (κ1) is 12.8. The van der Waals surface area contributed by atoms with Crippen LogP contribution in [-0.2, 0) is 9.53 Å². The summed E-state index contributed by atoms with van der Waals surface area (Å²) < 4.78 is 5.35. The Morgan fingerprint density at radius 3 is 2.35 bits per heavy atom. The van der Waals surface area contributed by atoms with E-state index in [-0.39, 0.29) is 16.9 Å². The highest BCUT2D eigenvalue weighted by Crippen LogP contribution is 2.38. The van der Waals surface area contributed by atoms with E-state index in [2.05, 4.69) is 12.2 Å². The summed E-state index contributed by atoms with van der Waals surface area (Å²) in [5.74, 6) is 0.168. The van der Waals surface area contributed by atoms with E-state index in [1.54, 1.807) is 0 Å². The zero-order chi connectivity index (χ0) is 12.4. The van der Waals surface area contributed by atoms with Gasteiger partial charge in [0, 0.05) is 25.3 Å². The fourth-order valence-electron chi connectivity index (χ4n) is 2.93. The smallest absolute Gasteiger partial charge is 0.227 e. The average Bonchev–Trinajstić information content (AvgIpc) is 2.79. The van der Waals surface area contributed by atoms with Crippen LogP contribution in [0.2, 0.25) is 0 Å². The molecule has 98 valence electrons. The predicted molar refractivity (Wildman–Crippen MR) is 66.6 cm³/mol. The summed E-state index contributed by atoms with van der Waals surface area (Å²) in [7, 11) is 0. The zero-order valence-corrected chi connectivity index (χ0v) is 10.8. The second-order valence-corrected chi connectivity index (χ2v) is 5.82. The van der Waals surface area contributed by atoms with Gasteiger partial charge >= 0.3 is 0 Å². The highest BCUT2D eigenvalue weighted by Gasteiger charge is 2.42. The van der Waals surface area contributed by atoms with Crippen molar-refractivity contribution in [2.24, 2.45) is 11.1 Å². The number of hydrogen-bond acceptors (Lipinski definition) is 3. The Balaban J connectivity index is 1.99. The molecule has 4 nitrogen and oxygen atoms in total. The van der Waals surface area contributed by atoms with Crippen LogP contribution in [0.3, 0.4) is 0 Å². The molecule has 1 saturated carbocycles. The highest BCUT2D eigenvalue weighted by atomic mass is 16.5. The molecule has 2 fully saturated rings. The number of nitrogens with two attached hydrogens (primary N) is 1. The molecule has 4 heteroatoms. The summed E-state index contributed by atoms with van der Waals surface area (Å²) >= 11 is 0. The van der Waals surface area contributed by atoms with E-state index in [4.69, 9.17) is 10.5 Å². The molecule has 2 aliphatic rings. The van der Waals surface area contributed by atoms with Crippen molar-refractivity contribution in [3.05, 3.63) is 0 Å². The molecule has 1 amide bonds. The van der Waals surface area contributed by atoms with E-state index in [0.29, 0.717) is 6.54 Å². The van der Waals surface area contributed by atoms with Crippen LogP contribution in [0.25, 0.3) is 0 Å². The first-order valence-electron chi connectivity index (χ1n) is 6.71. The van der Waals surface area contributed by atoms with Gasteiger partial charge in [-0.05, 0) is 32.6 Å². The third-order valence-electron chi connectivity index (χ3n) is 4.44. The van der Waals surface area contributed by atoms with E-state index >= 15 is 0 Å². The fourth-order valence-corrected chi connectivity index (χ4v) is 2.93. The van der Waals surface area contributed by atoms with Crippen molar-refractivity contribution in [1.82, 2.24) is 5.32 Å². The SMILES string of the molecule is CC1(NC(=O)C2(CN)CCCC2)CCOCC1. The fraction of sp³-hybridized carbons (Fsp3) is 0.923. The van der Waals surface area contributed by atoms with Gasteiger partial charge in [0.2, 0.25) is 5.91 Å². The largest absolute Gasteiger partial charge is 0.381 e. The van der Waals surface area contributed by atoms with Gasteiger partial charge in [-0.15, -0.1) is 0 Å². The summed E-state index contributed by atoms with van der Waals surface area (Å²) in [5, 5.41) is 3.23. The van der Waals surface area contributed by atoms with E-state index in [1.165, 1.54) is 0 Å². The van der Waals surface area contributed by atoms with Crippen LogP contribution in [0.5, 0.6) is 0 Å². The normalized spacial score (nSPS) is 26.7. The highest BCUT2D eigenvalue weighted by molar-refractivity contribution is 5.83. The molecule has 3 N–H and O–H groups in total. The Labute approximate surface area is 103 Å². The Bertz CT molecular complexity index is 279. The lowest BCUT2D eigenvalue weighted by atomic mass is 9.83. The molecule has 1 saturated heterocycles. The van der Waals surface area contributed by atoms with E-state index in [0.717, 1.165) is 51.7 Å². The van der Waals surface area contributed by atoms with Crippen molar-refractivity contribution < 1.29 is 9.53 Å². The molecular weight excluding hydrogens is 216 g/mol. The summed E-state index contributed by atoms with van der Waals surface area (Å²) in [6.45, 7) is 4.08. The molecule has 0 bridgehead atoms. The lowest BCUT2D eigenvalue weighted by Crippen LogP contribution is -2.55. The van der Waals surface area contributed by atoms with Crippen LogP contribution in [0.1, 0.15) is 45.4 Å². The molecule has 17 heavy (non-hydrogen) atoms. The number of carbonyl (C=O) groups excluding carboxylic acids is 1. The van der Waals surface area contributed by atoms with Gasteiger partial charge in [-0.2, -0.15) is 0 Å². The molecule has 2 rings (SSSR count). The molecule has 0 atom stereocenters. The van der Waals surface area contributed by atoms with Crippen LogP contribution >= 0.6 is 0 Å². The second-order valence-electron chi connectivity index (χ2n) is 5.82. The number of carbonyl (C=O) groups is 1. The molecule has 0 aromatic rings. The Kier molecular flexibility index (Phi) is 3.73. The number of ether oxygens (including phenoxy) is 1. The summed E-state index contributed by atoms with van der Waals surface area (Å²) in [5.41, 5.74) is 5.44. The van der Waals surface area contributed by atoms with Gasteiger partial charge < -0.3 is 15.8 Å². The second kappa shape index (κ2) is 4.94. The third kappa shape index (κ3) is 2.63. The number of rotatable bonds is 3. The quantitative estimate of drug-likeness (QED) is 0.779. The maximum absolute atomic E-state index is 12.4. The first-order valence-corrected chi connectivity index (χ1v) is 6.71. The molecular formula is C13H24N2O2. The minimum atomic E-state index is -0.290. The summed E-state index contributed by atoms with van der Waals surface area (Å²) in [6, 6.07) is 0. The summed E-state index contributed by atoms with van der Waals surface area (Å²) in [4.78, 5) is 12.4. The van der Waals surface area contributed by atoms with E-state index in [9.17, 15) is 4.79 Å². The molecule has 0 spiro atoms. The van der Waals surface area contributed by atoms with Gasteiger partial charge in [-0.1, -0.05) is 12.8 Å². The molecule has 1 heterocycles. The van der Waals surface area contributed by atoms with Gasteiger partial charge in [0.05, 0.1) is 5.41 Å². The third-order valence-corrected chi connectivity index (χ3v) is 4.44. The minimum Gasteiger partial charge on any atom is -0.381 e. The topological polar surface area (TPSA) is 64.4 Å². The standard InChI is InChI=1S/C13H24N2O2/c1-12(6-8-17-9-7-12)15-11(16)13(10-14)4-2-3-5-13/h2-10,14H2,1H3,(H,15,16). The van der Waals surface area contributed by atoms with Crippen molar-refractivity contribution >= 4 is 5.91 Å².